The van der Waals surface area contributed by atoms with E-state index < -0.39 is 26.6 Å². The second kappa shape index (κ2) is 9.04. The Bertz CT molecular complexity index is 964. The molecule has 0 saturated heterocycles. The number of aromatic nitrogens is 2. The fourth-order valence-electron chi connectivity index (χ4n) is 3.76. The Morgan fingerprint density at radius 3 is 2.55 bits per heavy atom. The highest BCUT2D eigenvalue weighted by atomic mass is 32.2. The first-order valence-corrected chi connectivity index (χ1v) is 11.5. The van der Waals surface area contributed by atoms with Crippen molar-refractivity contribution in [3.63, 3.8) is 0 Å². The van der Waals surface area contributed by atoms with Crippen molar-refractivity contribution < 1.29 is 17.6 Å². The predicted molar refractivity (Wildman–Crippen MR) is 109 cm³/mol. The van der Waals surface area contributed by atoms with E-state index in [4.69, 9.17) is 0 Å². The molecule has 0 aliphatic heterocycles. The lowest BCUT2D eigenvalue weighted by Crippen LogP contribution is -2.31. The fourth-order valence-corrected chi connectivity index (χ4v) is 5.31. The SMILES string of the molecule is CCN(CC)S(=O)(=O)c1cc(C(=O)Nc2ccnn2C2CCCCC2)ccc1F. The second-order valence-electron chi connectivity index (χ2n) is 7.14. The molecule has 0 bridgehead atoms. The monoisotopic (exact) mass is 422 g/mol. The van der Waals surface area contributed by atoms with E-state index in [1.807, 2.05) is 4.68 Å². The fraction of sp³-hybridized carbons (Fsp3) is 0.500. The summed E-state index contributed by atoms with van der Waals surface area (Å²) in [5.41, 5.74) is 0.0773. The molecule has 0 radical (unpaired) electrons. The number of benzene rings is 1. The van der Waals surface area contributed by atoms with Gasteiger partial charge in [0.1, 0.15) is 16.5 Å². The van der Waals surface area contributed by atoms with Crippen LogP contribution in [0.4, 0.5) is 10.2 Å². The summed E-state index contributed by atoms with van der Waals surface area (Å²) in [6.07, 6.45) is 7.11. The number of anilines is 1. The Labute approximate surface area is 171 Å². The van der Waals surface area contributed by atoms with Crippen LogP contribution >= 0.6 is 0 Å². The summed E-state index contributed by atoms with van der Waals surface area (Å²) in [4.78, 5) is 12.3. The van der Waals surface area contributed by atoms with Crippen LogP contribution in [0.25, 0.3) is 0 Å². The van der Waals surface area contributed by atoms with Gasteiger partial charge in [-0.25, -0.2) is 17.5 Å². The molecule has 9 heteroatoms. The zero-order chi connectivity index (χ0) is 21.0. The topological polar surface area (TPSA) is 84.3 Å². The van der Waals surface area contributed by atoms with Crippen molar-refractivity contribution in [2.24, 2.45) is 0 Å². The minimum atomic E-state index is -4.01. The molecule has 1 aromatic heterocycles. The van der Waals surface area contributed by atoms with Crippen LogP contribution in [0.2, 0.25) is 0 Å². The molecule has 7 nitrogen and oxygen atoms in total. The lowest BCUT2D eigenvalue weighted by molar-refractivity contribution is 0.102. The van der Waals surface area contributed by atoms with Crippen LogP contribution in [-0.2, 0) is 10.0 Å². The third-order valence-corrected chi connectivity index (χ3v) is 7.41. The number of hydrogen-bond acceptors (Lipinski definition) is 4. The average Bonchev–Trinajstić information content (AvgIpc) is 3.17. The number of amides is 1. The van der Waals surface area contributed by atoms with E-state index >= 15 is 0 Å². The van der Waals surface area contributed by atoms with Gasteiger partial charge in [0.05, 0.1) is 12.2 Å². The van der Waals surface area contributed by atoms with Crippen LogP contribution in [0.15, 0.2) is 35.4 Å². The van der Waals surface area contributed by atoms with Gasteiger partial charge in [0.2, 0.25) is 10.0 Å². The van der Waals surface area contributed by atoms with E-state index in [1.54, 1.807) is 26.1 Å². The summed E-state index contributed by atoms with van der Waals surface area (Å²) < 4.78 is 42.7. The molecule has 0 atom stereocenters. The van der Waals surface area contributed by atoms with Gasteiger partial charge in [0, 0.05) is 24.7 Å². The number of carbonyl (C=O) groups is 1. The number of hydrogen-bond donors (Lipinski definition) is 1. The molecule has 1 aliphatic carbocycles. The summed E-state index contributed by atoms with van der Waals surface area (Å²) in [6, 6.07) is 5.35. The standard InChI is InChI=1S/C20H27FN4O3S/c1-3-24(4-2)29(27,28)18-14-15(10-11-17(18)21)20(26)23-19-12-13-22-25(19)16-8-6-5-7-9-16/h10-14,16H,3-9H2,1-2H3,(H,23,26). The van der Waals surface area contributed by atoms with E-state index in [2.05, 4.69) is 10.4 Å². The van der Waals surface area contributed by atoms with E-state index in [0.717, 1.165) is 42.1 Å². The first-order chi connectivity index (χ1) is 13.9. The summed E-state index contributed by atoms with van der Waals surface area (Å²) in [5, 5.41) is 7.13. The Hall–Kier alpha value is -2.26. The zero-order valence-corrected chi connectivity index (χ0v) is 17.6. The molecular weight excluding hydrogens is 395 g/mol. The van der Waals surface area contributed by atoms with Gasteiger partial charge in [0.15, 0.2) is 0 Å². The quantitative estimate of drug-likeness (QED) is 0.735. The van der Waals surface area contributed by atoms with Gasteiger partial charge in [-0.3, -0.25) is 4.79 Å². The van der Waals surface area contributed by atoms with Crippen LogP contribution in [-0.4, -0.2) is 41.5 Å². The minimum Gasteiger partial charge on any atom is -0.307 e. The normalized spacial score (nSPS) is 15.6. The van der Waals surface area contributed by atoms with Crippen LogP contribution in [0.1, 0.15) is 62.4 Å². The number of rotatable bonds is 7. The molecule has 29 heavy (non-hydrogen) atoms. The number of sulfonamides is 1. The van der Waals surface area contributed by atoms with Crippen molar-refractivity contribution in [3.8, 4) is 0 Å². The molecule has 1 amide bonds. The van der Waals surface area contributed by atoms with Crippen molar-refractivity contribution >= 4 is 21.7 Å². The molecule has 158 valence electrons. The predicted octanol–water partition coefficient (Wildman–Crippen LogP) is 3.81. The van der Waals surface area contributed by atoms with Crippen LogP contribution in [0.5, 0.6) is 0 Å². The van der Waals surface area contributed by atoms with Gasteiger partial charge in [0.25, 0.3) is 5.91 Å². The van der Waals surface area contributed by atoms with Gasteiger partial charge in [-0.1, -0.05) is 33.1 Å². The summed E-state index contributed by atoms with van der Waals surface area (Å²) in [6.45, 7) is 3.80. The molecule has 1 N–H and O–H groups in total. The van der Waals surface area contributed by atoms with E-state index in [-0.39, 0.29) is 24.7 Å². The van der Waals surface area contributed by atoms with Crippen molar-refractivity contribution in [1.29, 1.82) is 0 Å². The molecule has 1 fully saturated rings. The van der Waals surface area contributed by atoms with Gasteiger partial charge in [-0.2, -0.15) is 9.40 Å². The van der Waals surface area contributed by atoms with E-state index in [1.165, 1.54) is 12.5 Å². The van der Waals surface area contributed by atoms with Gasteiger partial charge in [-0.15, -0.1) is 0 Å². The maximum Gasteiger partial charge on any atom is 0.256 e. The first-order valence-electron chi connectivity index (χ1n) is 10.0. The van der Waals surface area contributed by atoms with Crippen molar-refractivity contribution in [3.05, 3.63) is 41.8 Å². The largest absolute Gasteiger partial charge is 0.307 e. The lowest BCUT2D eigenvalue weighted by Gasteiger charge is -2.24. The Kier molecular flexibility index (Phi) is 6.69. The number of halogens is 1. The average molecular weight is 423 g/mol. The molecule has 3 rings (SSSR count). The Morgan fingerprint density at radius 1 is 1.21 bits per heavy atom. The summed E-state index contributed by atoms with van der Waals surface area (Å²) >= 11 is 0. The van der Waals surface area contributed by atoms with Gasteiger partial charge in [-0.05, 0) is 31.0 Å². The lowest BCUT2D eigenvalue weighted by atomic mass is 9.96. The highest BCUT2D eigenvalue weighted by Crippen LogP contribution is 2.30. The molecule has 0 unspecified atom stereocenters. The molecule has 0 spiro atoms. The highest BCUT2D eigenvalue weighted by Gasteiger charge is 2.27. The smallest absolute Gasteiger partial charge is 0.256 e. The molecule has 1 saturated carbocycles. The first kappa shape index (κ1) is 21.4. The highest BCUT2D eigenvalue weighted by molar-refractivity contribution is 7.89. The molecular formula is C20H27FN4O3S. The van der Waals surface area contributed by atoms with E-state index in [0.29, 0.717) is 5.82 Å². The third kappa shape index (κ3) is 4.51. The number of nitrogens with zero attached hydrogens (tertiary/aromatic N) is 3. The summed E-state index contributed by atoms with van der Waals surface area (Å²) in [5.74, 6) is -0.821. The Balaban J connectivity index is 1.85. The third-order valence-electron chi connectivity index (χ3n) is 5.35. The second-order valence-corrected chi connectivity index (χ2v) is 9.05. The van der Waals surface area contributed by atoms with Crippen LogP contribution in [0, 0.1) is 5.82 Å². The Morgan fingerprint density at radius 2 is 1.90 bits per heavy atom. The van der Waals surface area contributed by atoms with Crippen molar-refractivity contribution in [2.75, 3.05) is 18.4 Å². The number of carbonyl (C=O) groups excluding carboxylic acids is 1. The molecule has 1 aromatic carbocycles. The molecule has 2 aromatic rings. The molecule has 1 heterocycles. The summed E-state index contributed by atoms with van der Waals surface area (Å²) in [7, 11) is -4.01. The van der Waals surface area contributed by atoms with Crippen molar-refractivity contribution in [1.82, 2.24) is 14.1 Å². The van der Waals surface area contributed by atoms with Gasteiger partial charge < -0.3 is 5.32 Å². The van der Waals surface area contributed by atoms with Crippen LogP contribution < -0.4 is 5.32 Å². The van der Waals surface area contributed by atoms with E-state index in [9.17, 15) is 17.6 Å². The van der Waals surface area contributed by atoms with Crippen molar-refractivity contribution in [2.45, 2.75) is 56.9 Å². The number of nitrogens with one attached hydrogen (secondary N) is 1. The zero-order valence-electron chi connectivity index (χ0n) is 16.8. The maximum absolute atomic E-state index is 14.3. The minimum absolute atomic E-state index is 0.0773. The van der Waals surface area contributed by atoms with Crippen LogP contribution in [0.3, 0.4) is 0 Å². The maximum atomic E-state index is 14.3. The van der Waals surface area contributed by atoms with Gasteiger partial charge >= 0.3 is 0 Å². The molecule has 1 aliphatic rings.